The summed E-state index contributed by atoms with van der Waals surface area (Å²) in [5.74, 6) is 0. The second-order valence-corrected chi connectivity index (χ2v) is 2.65. The van der Waals surface area contributed by atoms with Gasteiger partial charge in [0.2, 0.25) is 0 Å². The molecule has 2 radical (unpaired) electrons. The molecule has 0 aliphatic rings. The molecular weight excluding hydrogens is 332 g/mol. The zero-order valence-electron chi connectivity index (χ0n) is 3.42. The molecule has 2 N–H and O–H groups in total. The van der Waals surface area contributed by atoms with Gasteiger partial charge in [-0.3, -0.25) is 9.11 Å². The van der Waals surface area contributed by atoms with Crippen LogP contribution >= 0.6 is 0 Å². The van der Waals surface area contributed by atoms with Gasteiger partial charge in [0.05, 0.1) is 0 Å². The van der Waals surface area contributed by atoms with Crippen LogP contribution in [0.1, 0.15) is 0 Å². The summed E-state index contributed by atoms with van der Waals surface area (Å²) in [4.78, 5) is 0. The van der Waals surface area contributed by atoms with E-state index in [0.717, 1.165) is 0 Å². The second-order valence-electron chi connectivity index (χ2n) is 0.448. The van der Waals surface area contributed by atoms with E-state index < -0.39 is 9.05 Å². The fraction of sp³-hybridized carbons (Fsp3) is 0. The molecule has 3 nitrogen and oxygen atoms in total. The maximum absolute atomic E-state index is 9.11. The molecule has 0 saturated heterocycles. The van der Waals surface area contributed by atoms with Crippen molar-refractivity contribution in [1.82, 2.24) is 0 Å². The molecule has 0 aromatic rings. The van der Waals surface area contributed by atoms with Crippen LogP contribution in [0.4, 0.5) is 0 Å². The van der Waals surface area contributed by atoms with E-state index in [1.165, 1.54) is 0 Å². The average Bonchev–Trinajstić information content (AvgIpc) is 0.722. The third kappa shape index (κ3) is 70.8. The summed E-state index contributed by atoms with van der Waals surface area (Å²) < 4.78 is 24.0. The van der Waals surface area contributed by atoms with E-state index in [9.17, 15) is 0 Å². The summed E-state index contributed by atoms with van der Waals surface area (Å²) in [5.41, 5.74) is 0. The molecule has 0 bridgehead atoms. The van der Waals surface area contributed by atoms with E-state index in [-0.39, 0.29) is 51.9 Å². The molecule has 0 heterocycles. The molecule has 0 unspecified atom stereocenters. The maximum Gasteiger partial charge on any atom is 0.263 e. The van der Waals surface area contributed by atoms with Crippen LogP contribution in [0.2, 0.25) is 0 Å². The van der Waals surface area contributed by atoms with Gasteiger partial charge >= 0.3 is 0 Å². The number of rotatable bonds is 0. The molecule has 7 heteroatoms. The van der Waals surface area contributed by atoms with E-state index >= 15 is 0 Å². The summed E-state index contributed by atoms with van der Waals surface area (Å²) >= 11 is 3.47. The Morgan fingerprint density at radius 2 is 1.43 bits per heavy atom. The quantitative estimate of drug-likeness (QED) is 0.575. The van der Waals surface area contributed by atoms with Gasteiger partial charge in [-0.25, -0.2) is 0 Å². The molecule has 44 valence electrons. The van der Waals surface area contributed by atoms with Gasteiger partial charge in [0, 0.05) is 63.1 Å². The first-order valence-electron chi connectivity index (χ1n) is 0.698. The zero-order chi connectivity index (χ0) is 4.50. The van der Waals surface area contributed by atoms with Crippen molar-refractivity contribution in [3.05, 3.63) is 0 Å². The molecule has 0 aliphatic carbocycles. The SMILES string of the molecule is O=S(O)(O)=S.[Au].[Na]. The van der Waals surface area contributed by atoms with E-state index in [1.54, 1.807) is 0 Å². The van der Waals surface area contributed by atoms with Crippen molar-refractivity contribution in [3.8, 4) is 0 Å². The van der Waals surface area contributed by atoms with Crippen LogP contribution < -0.4 is 0 Å². The Labute approximate surface area is 84.4 Å². The number of hydrogen-bond acceptors (Lipinski definition) is 2. The van der Waals surface area contributed by atoms with Crippen molar-refractivity contribution < 1.29 is 35.7 Å². The minimum absolute atomic E-state index is 0. The molecule has 0 rings (SSSR count). The van der Waals surface area contributed by atoms with Gasteiger partial charge in [-0.15, -0.1) is 0 Å². The Kier molecular flexibility index (Phi) is 14.1. The van der Waals surface area contributed by atoms with Crippen molar-refractivity contribution in [2.24, 2.45) is 0 Å². The van der Waals surface area contributed by atoms with Gasteiger partial charge < -0.3 is 0 Å². The normalized spacial score (nSPS) is 8.29. The Bertz CT molecular complexity index is 96.1. The molecule has 7 heavy (non-hydrogen) atoms. The van der Waals surface area contributed by atoms with Crippen molar-refractivity contribution in [2.75, 3.05) is 0 Å². The van der Waals surface area contributed by atoms with Crippen LogP contribution in [-0.2, 0) is 42.6 Å². The summed E-state index contributed by atoms with van der Waals surface area (Å²) in [6.07, 6.45) is 0. The summed E-state index contributed by atoms with van der Waals surface area (Å²) in [6.45, 7) is 0. The fourth-order valence-electron chi connectivity index (χ4n) is 0. The predicted molar refractivity (Wildman–Crippen MR) is 26.5 cm³/mol. The first-order valence-corrected chi connectivity index (χ1v) is 3.10. The third-order valence-electron chi connectivity index (χ3n) is 0. The largest absolute Gasteiger partial charge is 0.285 e. The minimum Gasteiger partial charge on any atom is -0.285 e. The molecule has 0 spiro atoms. The smallest absolute Gasteiger partial charge is 0.263 e. The van der Waals surface area contributed by atoms with Gasteiger partial charge in [-0.05, 0) is 0 Å². The average molecular weight is 334 g/mol. The van der Waals surface area contributed by atoms with Gasteiger partial charge in [0.15, 0.2) is 0 Å². The zero-order valence-corrected chi connectivity index (χ0v) is 9.22. The summed E-state index contributed by atoms with van der Waals surface area (Å²) in [5, 5.41) is 0. The Morgan fingerprint density at radius 3 is 1.43 bits per heavy atom. The van der Waals surface area contributed by atoms with E-state index in [2.05, 4.69) is 11.2 Å². The molecule has 0 aromatic carbocycles. The van der Waals surface area contributed by atoms with Crippen molar-refractivity contribution in [2.45, 2.75) is 0 Å². The van der Waals surface area contributed by atoms with Gasteiger partial charge in [0.1, 0.15) is 0 Å². The van der Waals surface area contributed by atoms with Crippen molar-refractivity contribution in [1.29, 1.82) is 0 Å². The molecule has 0 amide bonds. The van der Waals surface area contributed by atoms with Gasteiger partial charge in [-0.1, -0.05) is 0 Å². The van der Waals surface area contributed by atoms with Crippen molar-refractivity contribution in [3.63, 3.8) is 0 Å². The third-order valence-corrected chi connectivity index (χ3v) is 0. The first-order chi connectivity index (χ1) is 2.00. The topological polar surface area (TPSA) is 57.5 Å². The summed E-state index contributed by atoms with van der Waals surface area (Å²) in [6, 6.07) is 0. The van der Waals surface area contributed by atoms with Crippen LogP contribution in [0.25, 0.3) is 0 Å². The predicted octanol–water partition coefficient (Wildman–Crippen LogP) is -0.705. The Balaban J connectivity index is -0.0000000800. The minimum atomic E-state index is -3.83. The molecule has 0 aliphatic heterocycles. The van der Waals surface area contributed by atoms with Gasteiger partial charge in [0.25, 0.3) is 9.05 Å². The Hall–Kier alpha value is 2.03. The number of hydrogen-bond donors (Lipinski definition) is 2. The van der Waals surface area contributed by atoms with E-state index in [4.69, 9.17) is 13.3 Å². The second kappa shape index (κ2) is 6.15. The van der Waals surface area contributed by atoms with Crippen LogP contribution in [0.5, 0.6) is 0 Å². The molecular formula is H2AuNaO3S2. The monoisotopic (exact) mass is 334 g/mol. The first kappa shape index (κ1) is 16.0. The molecule has 0 atom stereocenters. The van der Waals surface area contributed by atoms with E-state index in [1.807, 2.05) is 0 Å². The van der Waals surface area contributed by atoms with E-state index in [0.29, 0.717) is 0 Å². The van der Waals surface area contributed by atoms with Crippen molar-refractivity contribution >= 4 is 49.8 Å². The standard InChI is InChI=1S/Au.Na.H2O3S2/c;;1-5(2,3)4/h;;(H2,1,2,3,4). The van der Waals surface area contributed by atoms with Crippen LogP contribution in [0.15, 0.2) is 0 Å². The van der Waals surface area contributed by atoms with Crippen LogP contribution in [-0.4, -0.2) is 42.9 Å². The van der Waals surface area contributed by atoms with Crippen LogP contribution in [0, 0.1) is 0 Å². The Morgan fingerprint density at radius 1 is 1.43 bits per heavy atom. The fourth-order valence-corrected chi connectivity index (χ4v) is 0. The van der Waals surface area contributed by atoms with Gasteiger partial charge in [-0.2, -0.15) is 4.21 Å². The summed E-state index contributed by atoms with van der Waals surface area (Å²) in [7, 11) is -3.83. The van der Waals surface area contributed by atoms with Crippen LogP contribution in [0.3, 0.4) is 0 Å². The molecule has 0 aromatic heterocycles. The molecule has 0 saturated carbocycles. The maximum atomic E-state index is 9.11. The molecule has 0 fully saturated rings.